The number of benzene rings is 1. The smallest absolute Gasteiger partial charge is 0.117 e. The highest BCUT2D eigenvalue weighted by Gasteiger charge is 2.14. The van der Waals surface area contributed by atoms with Crippen molar-refractivity contribution in [1.82, 2.24) is 9.78 Å². The zero-order chi connectivity index (χ0) is 13.3. The predicted octanol–water partition coefficient (Wildman–Crippen LogP) is 3.37. The van der Waals surface area contributed by atoms with E-state index < -0.39 is 0 Å². The normalized spacial score (nSPS) is 10.4. The molecule has 18 heavy (non-hydrogen) atoms. The highest BCUT2D eigenvalue weighted by Crippen LogP contribution is 2.33. The summed E-state index contributed by atoms with van der Waals surface area (Å²) in [6.07, 6.45) is 0. The lowest BCUT2D eigenvalue weighted by Gasteiger charge is -2.07. The second-order valence-corrected chi connectivity index (χ2v) is 5.40. The molecule has 2 rings (SSSR count). The van der Waals surface area contributed by atoms with Gasteiger partial charge in [0.05, 0.1) is 5.69 Å². The summed E-state index contributed by atoms with van der Waals surface area (Å²) < 4.78 is 1.78. The van der Waals surface area contributed by atoms with E-state index in [-0.39, 0.29) is 0 Å². The zero-order valence-electron chi connectivity index (χ0n) is 11.0. The van der Waals surface area contributed by atoms with Crippen molar-refractivity contribution in [2.75, 3.05) is 0 Å². The number of aryl methyl sites for hydroxylation is 4. The van der Waals surface area contributed by atoms with E-state index in [9.17, 15) is 5.26 Å². The summed E-state index contributed by atoms with van der Waals surface area (Å²) in [7, 11) is 1.87. The second-order valence-electron chi connectivity index (χ2n) is 4.37. The molecule has 0 amide bonds. The molecule has 0 fully saturated rings. The summed E-state index contributed by atoms with van der Waals surface area (Å²) in [6, 6.07) is 8.57. The SMILES string of the molecule is Cc1ccc(Sc2c(C#N)c(C)nn2C)c(C)c1. The summed E-state index contributed by atoms with van der Waals surface area (Å²) in [5.41, 5.74) is 3.93. The molecule has 0 bridgehead atoms. The Balaban J connectivity index is 2.43. The fraction of sp³-hybridized carbons (Fsp3) is 0.286. The Labute approximate surface area is 111 Å². The molecule has 2 aromatic rings. The molecule has 3 nitrogen and oxygen atoms in total. The minimum atomic E-state index is 0.669. The summed E-state index contributed by atoms with van der Waals surface area (Å²) >= 11 is 1.60. The summed E-state index contributed by atoms with van der Waals surface area (Å²) in [6.45, 7) is 6.03. The highest BCUT2D eigenvalue weighted by molar-refractivity contribution is 7.99. The third kappa shape index (κ3) is 2.27. The summed E-state index contributed by atoms with van der Waals surface area (Å²) in [5, 5.41) is 14.4. The molecule has 4 heteroatoms. The van der Waals surface area contributed by atoms with Crippen molar-refractivity contribution in [2.45, 2.75) is 30.7 Å². The maximum Gasteiger partial charge on any atom is 0.117 e. The molecule has 0 aliphatic carbocycles. The molecule has 92 valence electrons. The Morgan fingerprint density at radius 1 is 1.28 bits per heavy atom. The van der Waals surface area contributed by atoms with Crippen LogP contribution in [-0.4, -0.2) is 9.78 Å². The van der Waals surface area contributed by atoms with Gasteiger partial charge in [0.25, 0.3) is 0 Å². The van der Waals surface area contributed by atoms with Crippen molar-refractivity contribution in [2.24, 2.45) is 7.05 Å². The maximum absolute atomic E-state index is 9.19. The van der Waals surface area contributed by atoms with Gasteiger partial charge in [-0.1, -0.05) is 29.5 Å². The molecule has 0 saturated carbocycles. The van der Waals surface area contributed by atoms with Crippen LogP contribution in [0.5, 0.6) is 0 Å². The standard InChI is InChI=1S/C14H15N3S/c1-9-5-6-13(10(2)7-9)18-14-12(8-15)11(3)16-17(14)4/h5-7H,1-4H3. The minimum absolute atomic E-state index is 0.669. The van der Waals surface area contributed by atoms with Crippen molar-refractivity contribution in [3.63, 3.8) is 0 Å². The van der Waals surface area contributed by atoms with Crippen LogP contribution in [0.4, 0.5) is 0 Å². The van der Waals surface area contributed by atoms with Gasteiger partial charge >= 0.3 is 0 Å². The molecular formula is C14H15N3S. The van der Waals surface area contributed by atoms with Crippen LogP contribution in [0.2, 0.25) is 0 Å². The molecule has 0 atom stereocenters. The second kappa shape index (κ2) is 4.87. The maximum atomic E-state index is 9.19. The number of hydrogen-bond acceptors (Lipinski definition) is 3. The first-order chi connectivity index (χ1) is 8.52. The first-order valence-corrected chi connectivity index (χ1v) is 6.53. The molecule has 0 unspecified atom stereocenters. The summed E-state index contributed by atoms with van der Waals surface area (Å²) in [4.78, 5) is 1.17. The first-order valence-electron chi connectivity index (χ1n) is 5.71. The van der Waals surface area contributed by atoms with E-state index in [1.54, 1.807) is 16.4 Å². The van der Waals surface area contributed by atoms with Crippen LogP contribution in [0.15, 0.2) is 28.1 Å². The van der Waals surface area contributed by atoms with Gasteiger partial charge in [0.2, 0.25) is 0 Å². The van der Waals surface area contributed by atoms with Crippen LogP contribution >= 0.6 is 11.8 Å². The molecule has 0 radical (unpaired) electrons. The van der Waals surface area contributed by atoms with Gasteiger partial charge in [-0.2, -0.15) is 10.4 Å². The van der Waals surface area contributed by atoms with E-state index in [1.807, 2.05) is 14.0 Å². The zero-order valence-corrected chi connectivity index (χ0v) is 11.8. The molecule has 0 spiro atoms. The third-order valence-electron chi connectivity index (χ3n) is 2.82. The minimum Gasteiger partial charge on any atom is -0.260 e. The van der Waals surface area contributed by atoms with Gasteiger partial charge in [0.15, 0.2) is 0 Å². The largest absolute Gasteiger partial charge is 0.260 e. The van der Waals surface area contributed by atoms with E-state index in [4.69, 9.17) is 0 Å². The fourth-order valence-electron chi connectivity index (χ4n) is 1.90. The van der Waals surface area contributed by atoms with Gasteiger partial charge < -0.3 is 0 Å². The molecule has 1 aromatic heterocycles. The Morgan fingerprint density at radius 3 is 2.61 bits per heavy atom. The van der Waals surface area contributed by atoms with Crippen LogP contribution in [0.3, 0.4) is 0 Å². The average Bonchev–Trinajstić information content (AvgIpc) is 2.57. The molecule has 0 saturated heterocycles. The van der Waals surface area contributed by atoms with Crippen molar-refractivity contribution in [3.8, 4) is 6.07 Å². The Bertz CT molecular complexity index is 635. The number of nitriles is 1. The first kappa shape index (κ1) is 12.7. The number of hydrogen-bond donors (Lipinski definition) is 0. The van der Waals surface area contributed by atoms with E-state index in [1.165, 1.54) is 16.0 Å². The van der Waals surface area contributed by atoms with Gasteiger partial charge in [0.1, 0.15) is 16.7 Å². The predicted molar refractivity (Wildman–Crippen MR) is 72.7 cm³/mol. The molecule has 0 aliphatic rings. The van der Waals surface area contributed by atoms with Crippen LogP contribution in [0.1, 0.15) is 22.4 Å². The van der Waals surface area contributed by atoms with Crippen molar-refractivity contribution in [1.29, 1.82) is 5.26 Å². The topological polar surface area (TPSA) is 41.6 Å². The molecule has 0 aliphatic heterocycles. The Hall–Kier alpha value is -1.73. The number of rotatable bonds is 2. The quantitative estimate of drug-likeness (QED) is 0.828. The van der Waals surface area contributed by atoms with Gasteiger partial charge in [-0.05, 0) is 32.4 Å². The number of nitrogens with zero attached hydrogens (tertiary/aromatic N) is 3. The Kier molecular flexibility index (Phi) is 3.44. The van der Waals surface area contributed by atoms with Gasteiger partial charge in [-0.15, -0.1) is 0 Å². The van der Waals surface area contributed by atoms with Gasteiger partial charge in [0, 0.05) is 11.9 Å². The lowest BCUT2D eigenvalue weighted by atomic mass is 10.2. The lowest BCUT2D eigenvalue weighted by molar-refractivity contribution is 0.691. The molecular weight excluding hydrogens is 242 g/mol. The van der Waals surface area contributed by atoms with Crippen LogP contribution in [-0.2, 0) is 7.05 Å². The van der Waals surface area contributed by atoms with E-state index >= 15 is 0 Å². The van der Waals surface area contributed by atoms with Crippen molar-refractivity contribution >= 4 is 11.8 Å². The Morgan fingerprint density at radius 2 is 2.00 bits per heavy atom. The highest BCUT2D eigenvalue weighted by atomic mass is 32.2. The monoisotopic (exact) mass is 257 g/mol. The lowest BCUT2D eigenvalue weighted by Crippen LogP contribution is -1.93. The van der Waals surface area contributed by atoms with Crippen molar-refractivity contribution in [3.05, 3.63) is 40.6 Å². The van der Waals surface area contributed by atoms with Gasteiger partial charge in [-0.3, -0.25) is 4.68 Å². The van der Waals surface area contributed by atoms with E-state index in [0.29, 0.717) is 5.56 Å². The fourth-order valence-corrected chi connectivity index (χ4v) is 2.93. The molecule has 1 aromatic carbocycles. The van der Waals surface area contributed by atoms with E-state index in [2.05, 4.69) is 43.2 Å². The molecule has 0 N–H and O–H groups in total. The van der Waals surface area contributed by atoms with Crippen LogP contribution in [0, 0.1) is 32.1 Å². The van der Waals surface area contributed by atoms with Crippen molar-refractivity contribution < 1.29 is 0 Å². The van der Waals surface area contributed by atoms with Crippen LogP contribution in [0.25, 0.3) is 0 Å². The summed E-state index contributed by atoms with van der Waals surface area (Å²) in [5.74, 6) is 0. The van der Waals surface area contributed by atoms with Gasteiger partial charge in [-0.25, -0.2) is 0 Å². The number of aromatic nitrogens is 2. The average molecular weight is 257 g/mol. The third-order valence-corrected chi connectivity index (χ3v) is 4.16. The van der Waals surface area contributed by atoms with E-state index in [0.717, 1.165) is 10.7 Å². The molecule has 1 heterocycles. The van der Waals surface area contributed by atoms with Crippen LogP contribution < -0.4 is 0 Å².